The fraction of sp³-hybridized carbons (Fsp3) is 0.240. The van der Waals surface area contributed by atoms with Gasteiger partial charge in [0.2, 0.25) is 16.0 Å². The summed E-state index contributed by atoms with van der Waals surface area (Å²) in [6.45, 7) is 2.09. The highest BCUT2D eigenvalue weighted by molar-refractivity contribution is 7.88. The van der Waals surface area contributed by atoms with Crippen LogP contribution < -0.4 is 20.6 Å². The lowest BCUT2D eigenvalue weighted by Crippen LogP contribution is -2.48. The molecule has 1 aliphatic heterocycles. The highest BCUT2D eigenvalue weighted by Crippen LogP contribution is 2.37. The zero-order valence-corrected chi connectivity index (χ0v) is 22.9. The molecular formula is C25H24Cl2N6O4S. The van der Waals surface area contributed by atoms with Gasteiger partial charge in [-0.15, -0.1) is 4.73 Å². The molecule has 1 aliphatic rings. The Morgan fingerprint density at radius 2 is 1.58 bits per heavy atom. The summed E-state index contributed by atoms with van der Waals surface area (Å²) in [7, 11) is -1.81. The molecule has 0 aliphatic carbocycles. The van der Waals surface area contributed by atoms with Crippen molar-refractivity contribution in [3.05, 3.63) is 75.0 Å². The van der Waals surface area contributed by atoms with Crippen LogP contribution in [0.2, 0.25) is 10.0 Å². The number of nitrogens with one attached hydrogen (secondary N) is 1. The molecule has 0 amide bonds. The van der Waals surface area contributed by atoms with Crippen LogP contribution in [0.5, 0.6) is 0 Å². The van der Waals surface area contributed by atoms with Crippen molar-refractivity contribution in [2.45, 2.75) is 0 Å². The number of nitrogens with zero attached hydrogens (tertiary/aromatic N) is 5. The first-order valence-corrected chi connectivity index (χ1v) is 14.3. The van der Waals surface area contributed by atoms with Crippen molar-refractivity contribution >= 4 is 61.6 Å². The highest BCUT2D eigenvalue weighted by atomic mass is 35.5. The van der Waals surface area contributed by atoms with Gasteiger partial charge < -0.3 is 15.1 Å². The number of anilines is 3. The van der Waals surface area contributed by atoms with Crippen molar-refractivity contribution in [1.82, 2.24) is 19.0 Å². The van der Waals surface area contributed by atoms with Gasteiger partial charge in [-0.05, 0) is 42.5 Å². The Bertz CT molecular complexity index is 1650. The summed E-state index contributed by atoms with van der Waals surface area (Å²) in [4.78, 5) is 29.1. The molecule has 0 spiro atoms. The summed E-state index contributed by atoms with van der Waals surface area (Å²) in [5.74, 6) is 0.217. The summed E-state index contributed by atoms with van der Waals surface area (Å²) in [5.41, 5.74) is 2.50. The van der Waals surface area contributed by atoms with E-state index in [1.54, 1.807) is 24.3 Å². The standard InChI is InChI=1S/C25H24Cl2N6O4S/c1-37-33-21(34)11-10-18-23(22-19(26)4-3-5-20(22)27)29-25(30-24(18)33)28-16-6-8-17(9-7-16)31-12-14-32(15-13-31)38(2,35)36/h3-11H,12-15H2,1-2H3,(H,28,29,30). The SMILES string of the molecule is COn1c(=O)ccc2c(-c3c(Cl)cccc3Cl)nc(Nc3ccc(N4CCN(S(C)(=O)=O)CC4)cc3)nc21. The molecule has 5 rings (SSSR count). The zero-order valence-electron chi connectivity index (χ0n) is 20.6. The first-order valence-electron chi connectivity index (χ1n) is 11.7. The van der Waals surface area contributed by atoms with Gasteiger partial charge in [-0.25, -0.2) is 13.4 Å². The number of piperazine rings is 1. The molecule has 1 fully saturated rings. The monoisotopic (exact) mass is 574 g/mol. The van der Waals surface area contributed by atoms with Gasteiger partial charge in [0.25, 0.3) is 5.56 Å². The van der Waals surface area contributed by atoms with Crippen molar-refractivity contribution in [3.8, 4) is 11.3 Å². The number of sulfonamides is 1. The molecule has 4 aromatic rings. The number of pyridine rings is 1. The molecule has 3 heterocycles. The van der Waals surface area contributed by atoms with E-state index in [4.69, 9.17) is 33.0 Å². The molecule has 1 saturated heterocycles. The number of benzene rings is 2. The van der Waals surface area contributed by atoms with Crippen LogP contribution in [0.3, 0.4) is 0 Å². The number of fused-ring (bicyclic) bond motifs is 1. The fourth-order valence-corrected chi connectivity index (χ4v) is 5.81. The van der Waals surface area contributed by atoms with Gasteiger partial charge in [0.05, 0.1) is 22.0 Å². The maximum atomic E-state index is 12.4. The molecule has 0 saturated carbocycles. The second-order valence-electron chi connectivity index (χ2n) is 8.70. The summed E-state index contributed by atoms with van der Waals surface area (Å²) < 4.78 is 26.1. The maximum Gasteiger partial charge on any atom is 0.285 e. The van der Waals surface area contributed by atoms with Gasteiger partial charge in [-0.2, -0.15) is 9.29 Å². The van der Waals surface area contributed by atoms with Crippen molar-refractivity contribution < 1.29 is 13.3 Å². The minimum absolute atomic E-state index is 0.217. The maximum absolute atomic E-state index is 12.4. The van der Waals surface area contributed by atoms with Gasteiger partial charge in [0, 0.05) is 54.6 Å². The Morgan fingerprint density at radius 3 is 2.18 bits per heavy atom. The third-order valence-electron chi connectivity index (χ3n) is 6.29. The van der Waals surface area contributed by atoms with E-state index in [1.807, 2.05) is 24.3 Å². The Hall–Kier alpha value is -3.38. The van der Waals surface area contributed by atoms with E-state index in [-0.39, 0.29) is 17.2 Å². The predicted molar refractivity (Wildman–Crippen MR) is 150 cm³/mol. The van der Waals surface area contributed by atoms with E-state index in [0.29, 0.717) is 58.6 Å². The average molecular weight is 575 g/mol. The third kappa shape index (κ3) is 5.14. The molecule has 2 aromatic carbocycles. The summed E-state index contributed by atoms with van der Waals surface area (Å²) in [5, 5.41) is 4.53. The molecule has 38 heavy (non-hydrogen) atoms. The minimum Gasteiger partial charge on any atom is -0.412 e. The van der Waals surface area contributed by atoms with Crippen LogP contribution in [0.4, 0.5) is 17.3 Å². The molecule has 1 N–H and O–H groups in total. The predicted octanol–water partition coefficient (Wildman–Crippen LogP) is 3.65. The first-order chi connectivity index (χ1) is 18.2. The second-order valence-corrected chi connectivity index (χ2v) is 11.5. The van der Waals surface area contributed by atoms with E-state index in [0.717, 1.165) is 10.4 Å². The minimum atomic E-state index is -3.19. The first kappa shape index (κ1) is 26.2. The molecule has 0 unspecified atom stereocenters. The van der Waals surface area contributed by atoms with Crippen molar-refractivity contribution in [2.75, 3.05) is 49.8 Å². The summed E-state index contributed by atoms with van der Waals surface area (Å²) in [6, 6.07) is 15.8. The number of aromatic nitrogens is 3. The largest absolute Gasteiger partial charge is 0.412 e. The zero-order chi connectivity index (χ0) is 27.0. The second kappa shape index (κ2) is 10.4. The molecule has 0 radical (unpaired) electrons. The Morgan fingerprint density at radius 1 is 0.921 bits per heavy atom. The van der Waals surface area contributed by atoms with Crippen LogP contribution in [0.15, 0.2) is 59.4 Å². The molecular weight excluding hydrogens is 551 g/mol. The van der Waals surface area contributed by atoms with Crippen LogP contribution in [0.25, 0.3) is 22.3 Å². The van der Waals surface area contributed by atoms with Gasteiger partial charge >= 0.3 is 0 Å². The molecule has 13 heteroatoms. The van der Waals surface area contributed by atoms with Crippen LogP contribution in [-0.2, 0) is 10.0 Å². The third-order valence-corrected chi connectivity index (χ3v) is 8.22. The van der Waals surface area contributed by atoms with Crippen LogP contribution in [-0.4, -0.2) is 67.0 Å². The molecule has 10 nitrogen and oxygen atoms in total. The van der Waals surface area contributed by atoms with Crippen molar-refractivity contribution in [2.24, 2.45) is 0 Å². The number of halogens is 2. The Balaban J connectivity index is 1.48. The van der Waals surface area contributed by atoms with Gasteiger partial charge in [0.15, 0.2) is 5.65 Å². The molecule has 0 atom stereocenters. The number of rotatable bonds is 6. The van der Waals surface area contributed by atoms with Crippen LogP contribution in [0.1, 0.15) is 0 Å². The number of hydrogen-bond acceptors (Lipinski definition) is 8. The topological polar surface area (TPSA) is 110 Å². The summed E-state index contributed by atoms with van der Waals surface area (Å²) in [6.07, 6.45) is 1.23. The van der Waals surface area contributed by atoms with E-state index in [9.17, 15) is 13.2 Å². The van der Waals surface area contributed by atoms with E-state index < -0.39 is 10.0 Å². The van der Waals surface area contributed by atoms with E-state index in [1.165, 1.54) is 23.7 Å². The van der Waals surface area contributed by atoms with Crippen LogP contribution in [0, 0.1) is 0 Å². The van der Waals surface area contributed by atoms with Crippen molar-refractivity contribution in [1.29, 1.82) is 0 Å². The lowest BCUT2D eigenvalue weighted by Gasteiger charge is -2.34. The molecule has 0 bridgehead atoms. The van der Waals surface area contributed by atoms with E-state index in [2.05, 4.69) is 15.2 Å². The molecule has 198 valence electrons. The quantitative estimate of drug-likeness (QED) is 0.371. The van der Waals surface area contributed by atoms with Crippen LogP contribution >= 0.6 is 23.2 Å². The highest BCUT2D eigenvalue weighted by Gasteiger charge is 2.23. The summed E-state index contributed by atoms with van der Waals surface area (Å²) >= 11 is 13.0. The van der Waals surface area contributed by atoms with Crippen molar-refractivity contribution in [3.63, 3.8) is 0 Å². The normalized spacial score (nSPS) is 14.6. The molecule has 2 aromatic heterocycles. The number of hydrogen-bond donors (Lipinski definition) is 1. The average Bonchev–Trinajstić information content (AvgIpc) is 2.88. The van der Waals surface area contributed by atoms with Gasteiger partial charge in [-0.3, -0.25) is 4.79 Å². The Labute approximate surface area is 229 Å². The van der Waals surface area contributed by atoms with Gasteiger partial charge in [-0.1, -0.05) is 29.3 Å². The fourth-order valence-electron chi connectivity index (χ4n) is 4.40. The van der Waals surface area contributed by atoms with E-state index >= 15 is 0 Å². The smallest absolute Gasteiger partial charge is 0.285 e. The lowest BCUT2D eigenvalue weighted by atomic mass is 10.1. The lowest BCUT2D eigenvalue weighted by molar-refractivity contribution is 0.167. The Kier molecular flexibility index (Phi) is 7.19. The van der Waals surface area contributed by atoms with Gasteiger partial charge in [0.1, 0.15) is 7.11 Å².